The number of rotatable bonds is 7. The third kappa shape index (κ3) is 5.67. The molecule has 0 aliphatic heterocycles. The Bertz CT molecular complexity index is 889. The third-order valence-corrected chi connectivity index (χ3v) is 5.06. The van der Waals surface area contributed by atoms with E-state index in [1.54, 1.807) is 24.3 Å². The van der Waals surface area contributed by atoms with Crippen molar-refractivity contribution in [1.29, 1.82) is 0 Å². The van der Waals surface area contributed by atoms with E-state index in [-0.39, 0.29) is 29.6 Å². The molecule has 1 fully saturated rings. The summed E-state index contributed by atoms with van der Waals surface area (Å²) in [7, 11) is 0. The highest BCUT2D eigenvalue weighted by Gasteiger charge is 2.39. The molecule has 3 N–H and O–H groups in total. The lowest BCUT2D eigenvalue weighted by atomic mass is 10.1. The number of amides is 3. The predicted molar refractivity (Wildman–Crippen MR) is 113 cm³/mol. The summed E-state index contributed by atoms with van der Waals surface area (Å²) in [4.78, 5) is 36.0. The van der Waals surface area contributed by atoms with Crippen molar-refractivity contribution < 1.29 is 14.4 Å². The second kappa shape index (κ2) is 8.90. The maximum Gasteiger partial charge on any atom is 0.251 e. The van der Waals surface area contributed by atoms with Gasteiger partial charge in [-0.3, -0.25) is 14.4 Å². The fourth-order valence-corrected chi connectivity index (χ4v) is 2.90. The summed E-state index contributed by atoms with van der Waals surface area (Å²) in [5.74, 6) is 0.325. The van der Waals surface area contributed by atoms with Gasteiger partial charge in [0.05, 0.1) is 0 Å². The molecule has 2 unspecified atom stereocenters. The Morgan fingerprint density at radius 3 is 2.03 bits per heavy atom. The fraction of sp³-hybridized carbons (Fsp3) is 0.348. The zero-order valence-corrected chi connectivity index (χ0v) is 17.0. The number of anilines is 2. The largest absolute Gasteiger partial charge is 0.348 e. The van der Waals surface area contributed by atoms with Crippen LogP contribution in [0.1, 0.15) is 43.1 Å². The minimum Gasteiger partial charge on any atom is -0.348 e. The molecule has 6 nitrogen and oxygen atoms in total. The first-order chi connectivity index (χ1) is 13.8. The Morgan fingerprint density at radius 1 is 0.931 bits per heavy atom. The van der Waals surface area contributed by atoms with E-state index in [1.165, 1.54) is 0 Å². The number of nitrogens with one attached hydrogen (secondary N) is 3. The molecule has 1 saturated carbocycles. The van der Waals surface area contributed by atoms with Crippen molar-refractivity contribution in [1.82, 2.24) is 5.32 Å². The molecule has 2 atom stereocenters. The Kier molecular flexibility index (Phi) is 6.32. The van der Waals surface area contributed by atoms with Crippen LogP contribution in [0.3, 0.4) is 0 Å². The van der Waals surface area contributed by atoms with Gasteiger partial charge in [-0.2, -0.15) is 0 Å². The molecule has 152 valence electrons. The van der Waals surface area contributed by atoms with Gasteiger partial charge < -0.3 is 16.0 Å². The first-order valence-electron chi connectivity index (χ1n) is 9.92. The normalized spacial score (nSPS) is 17.5. The van der Waals surface area contributed by atoms with Crippen LogP contribution >= 0.6 is 0 Å². The van der Waals surface area contributed by atoms with Gasteiger partial charge in [-0.25, -0.2) is 0 Å². The van der Waals surface area contributed by atoms with Crippen molar-refractivity contribution in [3.8, 4) is 0 Å². The molecule has 0 saturated heterocycles. The van der Waals surface area contributed by atoms with E-state index < -0.39 is 0 Å². The van der Waals surface area contributed by atoms with E-state index in [0.717, 1.165) is 17.7 Å². The van der Waals surface area contributed by atoms with Crippen LogP contribution in [0.15, 0.2) is 48.5 Å². The zero-order chi connectivity index (χ0) is 21.0. The van der Waals surface area contributed by atoms with Crippen molar-refractivity contribution in [2.45, 2.75) is 33.7 Å². The SMILES string of the molecule is CC(C)C(=O)Nc1ccc(CNC(=O)c2ccc(NC(=O)C3CC3C)cc2)cc1. The van der Waals surface area contributed by atoms with Gasteiger partial charge in [0, 0.05) is 35.3 Å². The van der Waals surface area contributed by atoms with Crippen LogP contribution in [-0.2, 0) is 16.1 Å². The van der Waals surface area contributed by atoms with E-state index >= 15 is 0 Å². The van der Waals surface area contributed by atoms with Crippen LogP contribution in [-0.4, -0.2) is 17.7 Å². The quantitative estimate of drug-likeness (QED) is 0.668. The van der Waals surface area contributed by atoms with Crippen molar-refractivity contribution in [3.05, 3.63) is 59.7 Å². The summed E-state index contributed by atoms with van der Waals surface area (Å²) in [6, 6.07) is 14.3. The number of hydrogen-bond donors (Lipinski definition) is 3. The Labute approximate surface area is 171 Å². The van der Waals surface area contributed by atoms with Gasteiger partial charge in [0.25, 0.3) is 5.91 Å². The fourth-order valence-electron chi connectivity index (χ4n) is 2.90. The van der Waals surface area contributed by atoms with Crippen LogP contribution in [0.2, 0.25) is 0 Å². The van der Waals surface area contributed by atoms with Crippen molar-refractivity contribution in [3.63, 3.8) is 0 Å². The van der Waals surface area contributed by atoms with E-state index in [1.807, 2.05) is 38.1 Å². The predicted octanol–water partition coefficient (Wildman–Crippen LogP) is 3.81. The molecular weight excluding hydrogens is 366 g/mol. The lowest BCUT2D eigenvalue weighted by Gasteiger charge is -2.10. The minimum atomic E-state index is -0.184. The average molecular weight is 393 g/mol. The zero-order valence-electron chi connectivity index (χ0n) is 17.0. The summed E-state index contributed by atoms with van der Waals surface area (Å²) >= 11 is 0. The molecule has 0 heterocycles. The first kappa shape index (κ1) is 20.6. The van der Waals surface area contributed by atoms with Crippen LogP contribution in [0.4, 0.5) is 11.4 Å². The molecule has 1 aliphatic carbocycles. The summed E-state index contributed by atoms with van der Waals surface area (Å²) in [6.07, 6.45) is 0.942. The van der Waals surface area contributed by atoms with Gasteiger partial charge in [0.1, 0.15) is 0 Å². The number of hydrogen-bond acceptors (Lipinski definition) is 3. The van der Waals surface area contributed by atoms with Gasteiger partial charge in [0.15, 0.2) is 0 Å². The van der Waals surface area contributed by atoms with Crippen LogP contribution < -0.4 is 16.0 Å². The summed E-state index contributed by atoms with van der Waals surface area (Å²) in [5, 5.41) is 8.59. The van der Waals surface area contributed by atoms with Crippen molar-refractivity contribution in [2.75, 3.05) is 10.6 Å². The highest BCUT2D eigenvalue weighted by molar-refractivity contribution is 5.97. The summed E-state index contributed by atoms with van der Waals surface area (Å²) in [6.45, 7) is 6.13. The lowest BCUT2D eigenvalue weighted by molar-refractivity contribution is -0.119. The molecule has 0 bridgehead atoms. The van der Waals surface area contributed by atoms with Crippen LogP contribution in [0, 0.1) is 17.8 Å². The number of carbonyl (C=O) groups is 3. The van der Waals surface area contributed by atoms with Crippen LogP contribution in [0.25, 0.3) is 0 Å². The number of carbonyl (C=O) groups excluding carboxylic acids is 3. The molecular formula is C23H27N3O3. The second-order valence-corrected chi connectivity index (χ2v) is 7.91. The van der Waals surface area contributed by atoms with E-state index in [2.05, 4.69) is 22.9 Å². The third-order valence-electron chi connectivity index (χ3n) is 5.06. The van der Waals surface area contributed by atoms with Gasteiger partial charge in [-0.05, 0) is 54.3 Å². The molecule has 29 heavy (non-hydrogen) atoms. The first-order valence-corrected chi connectivity index (χ1v) is 9.92. The Balaban J connectivity index is 1.48. The number of benzene rings is 2. The van der Waals surface area contributed by atoms with Crippen LogP contribution in [0.5, 0.6) is 0 Å². The molecule has 0 radical (unpaired) electrons. The van der Waals surface area contributed by atoms with E-state index in [4.69, 9.17) is 0 Å². The molecule has 0 spiro atoms. The second-order valence-electron chi connectivity index (χ2n) is 7.91. The Morgan fingerprint density at radius 2 is 1.48 bits per heavy atom. The molecule has 3 amide bonds. The highest BCUT2D eigenvalue weighted by Crippen LogP contribution is 2.38. The minimum absolute atomic E-state index is 0.0302. The average Bonchev–Trinajstić information content (AvgIpc) is 3.44. The van der Waals surface area contributed by atoms with Crippen molar-refractivity contribution in [2.24, 2.45) is 17.8 Å². The van der Waals surface area contributed by atoms with E-state index in [9.17, 15) is 14.4 Å². The van der Waals surface area contributed by atoms with Gasteiger partial charge in [-0.15, -0.1) is 0 Å². The molecule has 0 aromatic heterocycles. The van der Waals surface area contributed by atoms with Gasteiger partial charge in [0.2, 0.25) is 11.8 Å². The smallest absolute Gasteiger partial charge is 0.251 e. The Hall–Kier alpha value is -3.15. The molecule has 2 aromatic carbocycles. The monoisotopic (exact) mass is 393 g/mol. The highest BCUT2D eigenvalue weighted by atomic mass is 16.2. The molecule has 1 aliphatic rings. The molecule has 6 heteroatoms. The molecule has 2 aromatic rings. The maximum absolute atomic E-state index is 12.3. The van der Waals surface area contributed by atoms with E-state index in [0.29, 0.717) is 23.7 Å². The van der Waals surface area contributed by atoms with Gasteiger partial charge >= 0.3 is 0 Å². The topological polar surface area (TPSA) is 87.3 Å². The summed E-state index contributed by atoms with van der Waals surface area (Å²) < 4.78 is 0. The lowest BCUT2D eigenvalue weighted by Crippen LogP contribution is -2.23. The standard InChI is InChI=1S/C23H27N3O3/c1-14(2)21(27)25-18-8-4-16(5-9-18)13-24-22(28)17-6-10-19(11-7-17)26-23(29)20-12-15(20)3/h4-11,14-15,20H,12-13H2,1-3H3,(H,24,28)(H,25,27)(H,26,29). The summed E-state index contributed by atoms with van der Waals surface area (Å²) in [5.41, 5.74) is 2.90. The maximum atomic E-state index is 12.3. The molecule has 3 rings (SSSR count). The van der Waals surface area contributed by atoms with Crippen molar-refractivity contribution >= 4 is 29.1 Å². The van der Waals surface area contributed by atoms with Gasteiger partial charge in [-0.1, -0.05) is 32.9 Å².